The molecule has 0 aliphatic heterocycles. The summed E-state index contributed by atoms with van der Waals surface area (Å²) in [6.45, 7) is 4.81. The zero-order valence-electron chi connectivity index (χ0n) is 8.43. The van der Waals surface area contributed by atoms with E-state index < -0.39 is 5.97 Å². The molecule has 0 unspecified atom stereocenters. The average Bonchev–Trinajstić information content (AvgIpc) is 2.19. The molecule has 0 heterocycles. The predicted octanol–water partition coefficient (Wildman–Crippen LogP) is 1.50. The lowest BCUT2D eigenvalue weighted by Gasteiger charge is -2.09. The Morgan fingerprint density at radius 3 is 2.80 bits per heavy atom. The molecular weight excluding hydrogens is 194 g/mol. The van der Waals surface area contributed by atoms with Crippen LogP contribution in [0, 0.1) is 0 Å². The number of esters is 1. The Balaban J connectivity index is 2.97. The van der Waals surface area contributed by atoms with Crippen LogP contribution in [0.15, 0.2) is 30.9 Å². The first-order valence-corrected chi connectivity index (χ1v) is 4.44. The molecule has 0 saturated carbocycles. The quantitative estimate of drug-likeness (QED) is 0.447. The van der Waals surface area contributed by atoms with Gasteiger partial charge in [0.1, 0.15) is 0 Å². The third-order valence-electron chi connectivity index (χ3n) is 1.88. The fraction of sp³-hybridized carbons (Fsp3) is 0.182. The third-order valence-corrected chi connectivity index (χ3v) is 1.88. The number of rotatable bonds is 3. The summed E-state index contributed by atoms with van der Waals surface area (Å²) < 4.78 is 4.76. The number of benzene rings is 1. The van der Waals surface area contributed by atoms with Crippen molar-refractivity contribution in [2.45, 2.75) is 13.0 Å². The Morgan fingerprint density at radius 2 is 2.33 bits per heavy atom. The maximum atomic E-state index is 10.7. The number of phenols is 1. The molecule has 3 N–H and O–H groups in total. The molecule has 80 valence electrons. The Labute approximate surface area is 88.0 Å². The van der Waals surface area contributed by atoms with E-state index in [2.05, 4.69) is 6.58 Å². The van der Waals surface area contributed by atoms with Gasteiger partial charge in [-0.25, -0.2) is 0 Å². The van der Waals surface area contributed by atoms with E-state index in [1.165, 1.54) is 19.1 Å². The lowest BCUT2D eigenvalue weighted by atomic mass is 10.1. The maximum Gasteiger partial charge on any atom is 0.308 e. The zero-order chi connectivity index (χ0) is 11.4. The van der Waals surface area contributed by atoms with Crippen molar-refractivity contribution in [1.82, 2.24) is 0 Å². The van der Waals surface area contributed by atoms with E-state index in [4.69, 9.17) is 10.5 Å². The van der Waals surface area contributed by atoms with E-state index in [0.29, 0.717) is 5.56 Å². The number of phenolic OH excluding ortho intramolecular Hbond substituents is 1. The predicted molar refractivity (Wildman–Crippen MR) is 56.5 cm³/mol. The van der Waals surface area contributed by atoms with Crippen LogP contribution in [-0.2, 0) is 4.79 Å². The molecule has 0 aliphatic carbocycles. The molecule has 15 heavy (non-hydrogen) atoms. The van der Waals surface area contributed by atoms with Crippen molar-refractivity contribution in [1.29, 1.82) is 0 Å². The van der Waals surface area contributed by atoms with Gasteiger partial charge in [0.25, 0.3) is 0 Å². The number of hydrogen-bond acceptors (Lipinski definition) is 4. The van der Waals surface area contributed by atoms with Crippen LogP contribution in [-0.4, -0.2) is 11.1 Å². The lowest BCUT2D eigenvalue weighted by molar-refractivity contribution is -0.132. The summed E-state index contributed by atoms with van der Waals surface area (Å²) in [7, 11) is 0. The molecule has 0 spiro atoms. The van der Waals surface area contributed by atoms with Gasteiger partial charge >= 0.3 is 5.97 Å². The molecule has 0 aliphatic rings. The summed E-state index contributed by atoms with van der Waals surface area (Å²) in [6.07, 6.45) is 1.56. The van der Waals surface area contributed by atoms with Crippen LogP contribution >= 0.6 is 0 Å². The van der Waals surface area contributed by atoms with Gasteiger partial charge in [-0.3, -0.25) is 4.79 Å². The van der Waals surface area contributed by atoms with Crippen LogP contribution in [0.2, 0.25) is 0 Å². The Kier molecular flexibility index (Phi) is 3.46. The number of ether oxygens (including phenoxy) is 1. The van der Waals surface area contributed by atoms with Gasteiger partial charge in [0.05, 0.1) is 0 Å². The van der Waals surface area contributed by atoms with E-state index in [1.54, 1.807) is 12.1 Å². The SMILES string of the molecule is C=C[C@@H](N)c1ccc(OC(C)=O)c(O)c1. The normalized spacial score (nSPS) is 11.9. The van der Waals surface area contributed by atoms with Crippen molar-refractivity contribution in [3.05, 3.63) is 36.4 Å². The van der Waals surface area contributed by atoms with E-state index >= 15 is 0 Å². The van der Waals surface area contributed by atoms with Gasteiger partial charge in [-0.05, 0) is 17.7 Å². The van der Waals surface area contributed by atoms with Crippen LogP contribution in [0.3, 0.4) is 0 Å². The molecule has 1 aromatic carbocycles. The van der Waals surface area contributed by atoms with Crippen LogP contribution in [0.5, 0.6) is 11.5 Å². The number of carbonyl (C=O) groups excluding carboxylic acids is 1. The first kappa shape index (κ1) is 11.3. The molecule has 0 saturated heterocycles. The van der Waals surface area contributed by atoms with Gasteiger partial charge in [-0.15, -0.1) is 6.58 Å². The topological polar surface area (TPSA) is 72.5 Å². The van der Waals surface area contributed by atoms with E-state index in [1.807, 2.05) is 0 Å². The summed E-state index contributed by atoms with van der Waals surface area (Å²) in [4.78, 5) is 10.7. The molecule has 1 rings (SSSR count). The van der Waals surface area contributed by atoms with Crippen LogP contribution in [0.1, 0.15) is 18.5 Å². The number of carbonyl (C=O) groups is 1. The van der Waals surface area contributed by atoms with E-state index in [0.717, 1.165) is 0 Å². The Bertz CT molecular complexity index is 387. The highest BCUT2D eigenvalue weighted by atomic mass is 16.5. The fourth-order valence-corrected chi connectivity index (χ4v) is 1.12. The number of hydrogen-bond donors (Lipinski definition) is 2. The summed E-state index contributed by atoms with van der Waals surface area (Å²) >= 11 is 0. The first-order chi connectivity index (χ1) is 7.04. The molecular formula is C11H13NO3. The van der Waals surface area contributed by atoms with Crippen LogP contribution in [0.4, 0.5) is 0 Å². The third kappa shape index (κ3) is 2.82. The van der Waals surface area contributed by atoms with Gasteiger partial charge in [0.15, 0.2) is 11.5 Å². The number of nitrogens with two attached hydrogens (primary N) is 1. The van der Waals surface area contributed by atoms with Crippen molar-refractivity contribution in [3.63, 3.8) is 0 Å². The summed E-state index contributed by atoms with van der Waals surface area (Å²) in [5.41, 5.74) is 6.38. The minimum Gasteiger partial charge on any atom is -0.504 e. The minimum absolute atomic E-state index is 0.111. The van der Waals surface area contributed by atoms with Crippen molar-refractivity contribution in [2.75, 3.05) is 0 Å². The van der Waals surface area contributed by atoms with E-state index in [-0.39, 0.29) is 17.5 Å². The molecule has 0 amide bonds. The maximum absolute atomic E-state index is 10.7. The molecule has 1 atom stereocenters. The van der Waals surface area contributed by atoms with Gasteiger partial charge in [-0.1, -0.05) is 12.1 Å². The van der Waals surface area contributed by atoms with Crippen molar-refractivity contribution < 1.29 is 14.6 Å². The highest BCUT2D eigenvalue weighted by molar-refractivity contribution is 5.70. The molecule has 1 aromatic rings. The highest BCUT2D eigenvalue weighted by Crippen LogP contribution is 2.28. The minimum atomic E-state index is -0.480. The first-order valence-electron chi connectivity index (χ1n) is 4.44. The van der Waals surface area contributed by atoms with Crippen LogP contribution < -0.4 is 10.5 Å². The zero-order valence-corrected chi connectivity index (χ0v) is 8.43. The molecule has 0 radical (unpaired) electrons. The molecule has 0 bridgehead atoms. The summed E-state index contributed by atoms with van der Waals surface area (Å²) in [5, 5.41) is 9.52. The van der Waals surface area contributed by atoms with Crippen molar-refractivity contribution in [2.24, 2.45) is 5.73 Å². The van der Waals surface area contributed by atoms with E-state index in [9.17, 15) is 9.90 Å². The lowest BCUT2D eigenvalue weighted by Crippen LogP contribution is -2.07. The second-order valence-electron chi connectivity index (χ2n) is 3.08. The largest absolute Gasteiger partial charge is 0.504 e. The summed E-state index contributed by atoms with van der Waals surface area (Å²) in [6, 6.07) is 4.27. The molecule has 0 aromatic heterocycles. The summed E-state index contributed by atoms with van der Waals surface area (Å²) in [5.74, 6) is -0.464. The van der Waals surface area contributed by atoms with Gasteiger partial charge in [-0.2, -0.15) is 0 Å². The van der Waals surface area contributed by atoms with Gasteiger partial charge in [0, 0.05) is 13.0 Å². The monoisotopic (exact) mass is 207 g/mol. The second kappa shape index (κ2) is 4.61. The Hall–Kier alpha value is -1.81. The second-order valence-corrected chi connectivity index (χ2v) is 3.08. The average molecular weight is 207 g/mol. The standard InChI is InChI=1S/C11H13NO3/c1-3-9(12)8-4-5-11(10(14)6-8)15-7(2)13/h3-6,9,14H,1,12H2,2H3/t9-/m1/s1. The van der Waals surface area contributed by atoms with Crippen LogP contribution in [0.25, 0.3) is 0 Å². The van der Waals surface area contributed by atoms with Crippen molar-refractivity contribution in [3.8, 4) is 11.5 Å². The molecule has 4 nitrogen and oxygen atoms in total. The van der Waals surface area contributed by atoms with Gasteiger partial charge in [0.2, 0.25) is 0 Å². The molecule has 4 heteroatoms. The van der Waals surface area contributed by atoms with Gasteiger partial charge < -0.3 is 15.6 Å². The smallest absolute Gasteiger partial charge is 0.308 e. The van der Waals surface area contributed by atoms with Crippen molar-refractivity contribution >= 4 is 5.97 Å². The molecule has 0 fully saturated rings. The Morgan fingerprint density at radius 1 is 1.67 bits per heavy atom. The fourth-order valence-electron chi connectivity index (χ4n) is 1.12. The number of aromatic hydroxyl groups is 1. The highest BCUT2D eigenvalue weighted by Gasteiger charge is 2.08.